The molecule has 0 atom stereocenters. The van der Waals surface area contributed by atoms with Crippen molar-refractivity contribution in [2.75, 3.05) is 0 Å². The monoisotopic (exact) mass is 295 g/mol. The maximum atomic E-state index is 4.61. The molecule has 0 fully saturated rings. The molecular weight excluding hydrogens is 278 g/mol. The summed E-state index contributed by atoms with van der Waals surface area (Å²) < 4.78 is 0. The van der Waals surface area contributed by atoms with Crippen LogP contribution in [0.25, 0.3) is 33.8 Å². The molecule has 3 aromatic carbocycles. The van der Waals surface area contributed by atoms with Crippen LogP contribution in [0.15, 0.2) is 72.9 Å². The summed E-state index contributed by atoms with van der Waals surface area (Å²) in [5, 5.41) is 3.62. The van der Waals surface area contributed by atoms with Crippen LogP contribution in [-0.4, -0.2) is 4.98 Å². The first kappa shape index (κ1) is 13.7. The van der Waals surface area contributed by atoms with Gasteiger partial charge in [0.1, 0.15) is 0 Å². The summed E-state index contributed by atoms with van der Waals surface area (Å²) in [4.78, 5) is 4.61. The fourth-order valence-corrected chi connectivity index (χ4v) is 3.04. The van der Waals surface area contributed by atoms with Gasteiger partial charge in [0.15, 0.2) is 0 Å². The van der Waals surface area contributed by atoms with Crippen LogP contribution in [0, 0.1) is 6.92 Å². The standard InChI is InChI=1S/C22H17N/c1-16-5-2-6-17(15-16)10-11-18-7-3-8-19-12-13-20-9-4-14-23-22(20)21(18)19/h2-15H,1H3/b11-10+. The van der Waals surface area contributed by atoms with E-state index in [0.717, 1.165) is 5.52 Å². The summed E-state index contributed by atoms with van der Waals surface area (Å²) in [6.45, 7) is 2.12. The first-order valence-electron chi connectivity index (χ1n) is 7.82. The van der Waals surface area contributed by atoms with Crippen molar-refractivity contribution in [2.45, 2.75) is 6.92 Å². The second kappa shape index (κ2) is 5.69. The molecule has 110 valence electrons. The van der Waals surface area contributed by atoms with Crippen LogP contribution in [0.1, 0.15) is 16.7 Å². The normalized spacial score (nSPS) is 11.5. The number of nitrogens with zero attached hydrogens (tertiary/aromatic N) is 1. The topological polar surface area (TPSA) is 12.9 Å². The van der Waals surface area contributed by atoms with Gasteiger partial charge in [-0.2, -0.15) is 0 Å². The molecular formula is C22H17N. The van der Waals surface area contributed by atoms with Gasteiger partial charge < -0.3 is 0 Å². The van der Waals surface area contributed by atoms with Crippen molar-refractivity contribution in [1.29, 1.82) is 0 Å². The van der Waals surface area contributed by atoms with Crippen LogP contribution in [0.5, 0.6) is 0 Å². The van der Waals surface area contributed by atoms with Crippen molar-refractivity contribution >= 4 is 33.8 Å². The second-order valence-corrected chi connectivity index (χ2v) is 5.83. The molecule has 4 aromatic rings. The SMILES string of the molecule is Cc1cccc(/C=C/c2cccc3ccc4cccnc4c23)c1. The third kappa shape index (κ3) is 2.62. The molecule has 0 aliphatic heterocycles. The highest BCUT2D eigenvalue weighted by molar-refractivity contribution is 6.09. The van der Waals surface area contributed by atoms with Gasteiger partial charge in [-0.1, -0.05) is 78.4 Å². The number of aromatic nitrogens is 1. The lowest BCUT2D eigenvalue weighted by Crippen LogP contribution is -1.84. The van der Waals surface area contributed by atoms with Gasteiger partial charge in [0.25, 0.3) is 0 Å². The van der Waals surface area contributed by atoms with Crippen molar-refractivity contribution in [3.05, 3.63) is 89.6 Å². The third-order valence-electron chi connectivity index (χ3n) is 4.14. The van der Waals surface area contributed by atoms with Crippen molar-refractivity contribution < 1.29 is 0 Å². The molecule has 0 saturated carbocycles. The summed E-state index contributed by atoms with van der Waals surface area (Å²) in [6, 6.07) is 23.3. The quantitative estimate of drug-likeness (QED) is 0.333. The van der Waals surface area contributed by atoms with E-state index in [1.54, 1.807) is 0 Å². The fourth-order valence-electron chi connectivity index (χ4n) is 3.04. The van der Waals surface area contributed by atoms with E-state index in [1.165, 1.54) is 32.8 Å². The number of aryl methyl sites for hydroxylation is 1. The van der Waals surface area contributed by atoms with Gasteiger partial charge in [0.2, 0.25) is 0 Å². The van der Waals surface area contributed by atoms with Crippen LogP contribution >= 0.6 is 0 Å². The Labute approximate surface area is 135 Å². The number of hydrogen-bond donors (Lipinski definition) is 0. The molecule has 0 aliphatic carbocycles. The summed E-state index contributed by atoms with van der Waals surface area (Å²) >= 11 is 0. The second-order valence-electron chi connectivity index (χ2n) is 5.83. The van der Waals surface area contributed by atoms with Crippen LogP contribution in [-0.2, 0) is 0 Å². The van der Waals surface area contributed by atoms with E-state index in [1.807, 2.05) is 12.3 Å². The van der Waals surface area contributed by atoms with E-state index in [4.69, 9.17) is 0 Å². The lowest BCUT2D eigenvalue weighted by molar-refractivity contribution is 1.43. The number of pyridine rings is 1. The molecule has 0 radical (unpaired) electrons. The first-order valence-corrected chi connectivity index (χ1v) is 7.82. The largest absolute Gasteiger partial charge is 0.256 e. The van der Waals surface area contributed by atoms with E-state index >= 15 is 0 Å². The molecule has 4 rings (SSSR count). The van der Waals surface area contributed by atoms with Crippen LogP contribution in [0.4, 0.5) is 0 Å². The van der Waals surface area contributed by atoms with Crippen LogP contribution in [0.2, 0.25) is 0 Å². The number of benzene rings is 3. The minimum absolute atomic E-state index is 1.06. The molecule has 1 heteroatoms. The molecule has 1 heterocycles. The predicted molar refractivity (Wildman–Crippen MR) is 99.4 cm³/mol. The Morgan fingerprint density at radius 3 is 2.52 bits per heavy atom. The van der Waals surface area contributed by atoms with Crippen molar-refractivity contribution in [1.82, 2.24) is 4.98 Å². The van der Waals surface area contributed by atoms with Gasteiger partial charge in [0.05, 0.1) is 5.52 Å². The average molecular weight is 295 g/mol. The summed E-state index contributed by atoms with van der Waals surface area (Å²) in [5.41, 5.74) is 4.76. The Kier molecular flexibility index (Phi) is 3.39. The smallest absolute Gasteiger partial charge is 0.0786 e. The fraction of sp³-hybridized carbons (Fsp3) is 0.0455. The Morgan fingerprint density at radius 1 is 0.783 bits per heavy atom. The maximum absolute atomic E-state index is 4.61. The van der Waals surface area contributed by atoms with Gasteiger partial charge in [-0.15, -0.1) is 0 Å². The molecule has 1 nitrogen and oxygen atoms in total. The summed E-state index contributed by atoms with van der Waals surface area (Å²) in [5.74, 6) is 0. The molecule has 0 saturated heterocycles. The van der Waals surface area contributed by atoms with Crippen molar-refractivity contribution in [3.8, 4) is 0 Å². The highest BCUT2D eigenvalue weighted by Crippen LogP contribution is 2.28. The first-order chi connectivity index (χ1) is 11.3. The zero-order valence-corrected chi connectivity index (χ0v) is 13.0. The summed E-state index contributed by atoms with van der Waals surface area (Å²) in [6.07, 6.45) is 6.22. The minimum Gasteiger partial charge on any atom is -0.256 e. The third-order valence-corrected chi connectivity index (χ3v) is 4.14. The van der Waals surface area contributed by atoms with Crippen molar-refractivity contribution in [2.24, 2.45) is 0 Å². The molecule has 0 unspecified atom stereocenters. The number of rotatable bonds is 2. The van der Waals surface area contributed by atoms with E-state index in [0.29, 0.717) is 0 Å². The molecule has 0 bridgehead atoms. The lowest BCUT2D eigenvalue weighted by atomic mass is 10.00. The zero-order chi connectivity index (χ0) is 15.6. The van der Waals surface area contributed by atoms with Crippen LogP contribution < -0.4 is 0 Å². The van der Waals surface area contributed by atoms with E-state index in [9.17, 15) is 0 Å². The van der Waals surface area contributed by atoms with Gasteiger partial charge in [0, 0.05) is 17.0 Å². The average Bonchev–Trinajstić information content (AvgIpc) is 2.59. The Morgan fingerprint density at radius 2 is 1.61 bits per heavy atom. The Hall–Kier alpha value is -2.93. The molecule has 23 heavy (non-hydrogen) atoms. The van der Waals surface area contributed by atoms with Gasteiger partial charge in [-0.25, -0.2) is 0 Å². The minimum atomic E-state index is 1.06. The highest BCUT2D eigenvalue weighted by atomic mass is 14.6. The number of hydrogen-bond acceptors (Lipinski definition) is 1. The van der Waals surface area contributed by atoms with Crippen LogP contribution in [0.3, 0.4) is 0 Å². The molecule has 0 amide bonds. The Bertz CT molecular complexity index is 1030. The highest BCUT2D eigenvalue weighted by Gasteiger charge is 2.04. The van der Waals surface area contributed by atoms with Gasteiger partial charge in [-0.05, 0) is 29.5 Å². The molecule has 0 spiro atoms. The zero-order valence-electron chi connectivity index (χ0n) is 13.0. The lowest BCUT2D eigenvalue weighted by Gasteiger charge is -2.06. The van der Waals surface area contributed by atoms with E-state index in [2.05, 4.69) is 84.7 Å². The molecule has 0 N–H and O–H groups in total. The maximum Gasteiger partial charge on any atom is 0.0786 e. The van der Waals surface area contributed by atoms with Gasteiger partial charge in [-0.3, -0.25) is 4.98 Å². The summed E-state index contributed by atoms with van der Waals surface area (Å²) in [7, 11) is 0. The predicted octanol–water partition coefficient (Wildman–Crippen LogP) is 5.87. The van der Waals surface area contributed by atoms with E-state index < -0.39 is 0 Å². The number of fused-ring (bicyclic) bond motifs is 3. The molecule has 0 aliphatic rings. The van der Waals surface area contributed by atoms with Crippen molar-refractivity contribution in [3.63, 3.8) is 0 Å². The van der Waals surface area contributed by atoms with E-state index in [-0.39, 0.29) is 0 Å². The van der Waals surface area contributed by atoms with Gasteiger partial charge >= 0.3 is 0 Å². The molecule has 1 aromatic heterocycles. The Balaban J connectivity index is 1.91.